The van der Waals surface area contributed by atoms with Crippen LogP contribution in [0.5, 0.6) is 5.75 Å². The summed E-state index contributed by atoms with van der Waals surface area (Å²) in [5, 5.41) is 19.7. The van der Waals surface area contributed by atoms with Gasteiger partial charge < -0.3 is 9.84 Å². The molecule has 0 spiro atoms. The maximum atomic E-state index is 10.1. The molecule has 0 radical (unpaired) electrons. The zero-order valence-electron chi connectivity index (χ0n) is 18.3. The van der Waals surface area contributed by atoms with Gasteiger partial charge in [-0.25, -0.2) is 0 Å². The highest BCUT2D eigenvalue weighted by atomic mass is 35.5. The van der Waals surface area contributed by atoms with Gasteiger partial charge in [-0.3, -0.25) is 9.47 Å². The number of aliphatic hydroxyl groups is 1. The molecule has 3 aromatic rings. The average molecular weight is 473 g/mol. The van der Waals surface area contributed by atoms with Gasteiger partial charge in [0.05, 0.1) is 12.1 Å². The topological polar surface area (TPSA) is 63.4 Å². The number of aromatic nitrogens is 3. The lowest BCUT2D eigenvalue weighted by Gasteiger charge is -2.30. The first-order valence-corrected chi connectivity index (χ1v) is 11.6. The molecule has 5 rings (SSSR count). The van der Waals surface area contributed by atoms with Crippen molar-refractivity contribution in [3.63, 3.8) is 0 Å². The lowest BCUT2D eigenvalue weighted by atomic mass is 10.1. The van der Waals surface area contributed by atoms with E-state index in [0.29, 0.717) is 16.6 Å². The van der Waals surface area contributed by atoms with Crippen molar-refractivity contribution in [1.29, 1.82) is 0 Å². The minimum atomic E-state index is -0.297. The predicted molar refractivity (Wildman–Crippen MR) is 125 cm³/mol. The first-order valence-electron chi connectivity index (χ1n) is 10.9. The molecule has 1 aromatic heterocycles. The Balaban J connectivity index is 1.50. The molecule has 168 valence electrons. The van der Waals surface area contributed by atoms with Crippen LogP contribution in [-0.4, -0.2) is 50.0 Å². The van der Waals surface area contributed by atoms with Gasteiger partial charge in [0.2, 0.25) is 0 Å². The molecule has 2 aliphatic rings. The van der Waals surface area contributed by atoms with E-state index in [1.807, 2.05) is 43.5 Å². The molecule has 1 N–H and O–H groups in total. The summed E-state index contributed by atoms with van der Waals surface area (Å²) < 4.78 is 8.68. The number of rotatable bonds is 4. The van der Waals surface area contributed by atoms with E-state index in [9.17, 15) is 5.11 Å². The van der Waals surface area contributed by atoms with Crippen molar-refractivity contribution in [3.8, 4) is 11.4 Å². The predicted octanol–water partition coefficient (Wildman–Crippen LogP) is 4.61. The molecule has 3 atom stereocenters. The summed E-state index contributed by atoms with van der Waals surface area (Å²) in [7, 11) is 0. The van der Waals surface area contributed by atoms with Gasteiger partial charge in [-0.05, 0) is 75.1 Å². The van der Waals surface area contributed by atoms with Crippen LogP contribution >= 0.6 is 23.2 Å². The molecule has 0 saturated carbocycles. The van der Waals surface area contributed by atoms with Crippen LogP contribution in [-0.2, 0) is 6.42 Å². The van der Waals surface area contributed by atoms with Crippen molar-refractivity contribution < 1.29 is 9.84 Å². The van der Waals surface area contributed by atoms with Crippen molar-refractivity contribution in [2.24, 2.45) is 0 Å². The maximum absolute atomic E-state index is 10.1. The van der Waals surface area contributed by atoms with Crippen LogP contribution in [0.4, 0.5) is 0 Å². The lowest BCUT2D eigenvalue weighted by Crippen LogP contribution is -2.39. The lowest BCUT2D eigenvalue weighted by molar-refractivity contribution is 0.0814. The molecule has 32 heavy (non-hydrogen) atoms. The number of halogens is 2. The number of nitrogens with zero attached hydrogens (tertiary/aromatic N) is 4. The Labute approximate surface area is 197 Å². The summed E-state index contributed by atoms with van der Waals surface area (Å²) in [4.78, 5) is 2.31. The molecule has 0 amide bonds. The minimum absolute atomic E-state index is 0.0968. The number of β-amino-alcohol motifs (C(OH)–C–C–N with tert-alkyl or cyclic N) is 1. The summed E-state index contributed by atoms with van der Waals surface area (Å²) in [6.45, 7) is 7.42. The van der Waals surface area contributed by atoms with Gasteiger partial charge in [-0.15, -0.1) is 10.2 Å². The van der Waals surface area contributed by atoms with Crippen LogP contribution < -0.4 is 4.74 Å². The fraction of sp³-hybridized carbons (Fsp3) is 0.417. The average Bonchev–Trinajstić information content (AvgIpc) is 3.41. The fourth-order valence-corrected chi connectivity index (χ4v) is 5.62. The minimum Gasteiger partial charge on any atom is -0.484 e. The van der Waals surface area contributed by atoms with E-state index in [2.05, 4.69) is 21.2 Å². The largest absolute Gasteiger partial charge is 0.484 e. The highest BCUT2D eigenvalue weighted by Crippen LogP contribution is 2.44. The maximum Gasteiger partial charge on any atom is 0.140 e. The SMILES string of the molecule is Cc1cc(-n2c(C)nnc2C)ccc1O[C@@H]1c2cc(Cl)cc(Cl)c2C[C@@H]1N1CC[C@@H](O)C1. The molecule has 0 unspecified atom stereocenters. The number of fused-ring (bicyclic) bond motifs is 1. The number of aryl methyl sites for hydroxylation is 3. The van der Waals surface area contributed by atoms with Crippen LogP contribution in [0.15, 0.2) is 30.3 Å². The van der Waals surface area contributed by atoms with E-state index in [0.717, 1.165) is 59.2 Å². The standard InChI is InChI=1S/C24H26Cl2N4O2/c1-13-8-17(30-14(2)27-28-15(30)3)4-5-23(13)32-24-20-9-16(25)10-21(26)19(20)11-22(24)29-7-6-18(31)12-29/h4-5,8-10,18,22,24,31H,6-7,11-12H2,1-3H3/t18-,22+,24-/m1/s1. The fourth-order valence-electron chi connectivity index (χ4n) is 5.03. The summed E-state index contributed by atoms with van der Waals surface area (Å²) in [5.74, 6) is 2.50. The first kappa shape index (κ1) is 21.7. The van der Waals surface area contributed by atoms with Gasteiger partial charge in [0.1, 0.15) is 23.5 Å². The zero-order valence-corrected chi connectivity index (χ0v) is 19.9. The van der Waals surface area contributed by atoms with Crippen LogP contribution in [0.2, 0.25) is 10.0 Å². The highest BCUT2D eigenvalue weighted by Gasteiger charge is 2.41. The zero-order chi connectivity index (χ0) is 22.6. The van der Waals surface area contributed by atoms with E-state index < -0.39 is 0 Å². The van der Waals surface area contributed by atoms with E-state index in [1.54, 1.807) is 6.07 Å². The Bertz CT molecular complexity index is 1160. The normalized spacial score (nSPS) is 23.0. The molecule has 2 heterocycles. The first-order chi connectivity index (χ1) is 15.3. The van der Waals surface area contributed by atoms with E-state index >= 15 is 0 Å². The van der Waals surface area contributed by atoms with E-state index in [4.69, 9.17) is 27.9 Å². The third-order valence-corrected chi connectivity index (χ3v) is 7.14. The second kappa shape index (κ2) is 8.34. The number of hydrogen-bond donors (Lipinski definition) is 1. The monoisotopic (exact) mass is 472 g/mol. The van der Waals surface area contributed by atoms with Crippen molar-refractivity contribution in [2.75, 3.05) is 13.1 Å². The number of ether oxygens (including phenoxy) is 1. The van der Waals surface area contributed by atoms with Crippen molar-refractivity contribution >= 4 is 23.2 Å². The Morgan fingerprint density at radius 1 is 1.06 bits per heavy atom. The third-order valence-electron chi connectivity index (χ3n) is 6.59. The molecule has 8 heteroatoms. The van der Waals surface area contributed by atoms with E-state index in [1.165, 1.54) is 0 Å². The highest BCUT2D eigenvalue weighted by molar-refractivity contribution is 6.35. The van der Waals surface area contributed by atoms with Gasteiger partial charge >= 0.3 is 0 Å². The summed E-state index contributed by atoms with van der Waals surface area (Å²) in [6.07, 6.45) is 1.04. The smallest absolute Gasteiger partial charge is 0.140 e. The van der Waals surface area contributed by atoms with Crippen LogP contribution in [0.25, 0.3) is 5.69 Å². The van der Waals surface area contributed by atoms with Crippen LogP contribution in [0, 0.1) is 20.8 Å². The number of hydrogen-bond acceptors (Lipinski definition) is 5. The number of likely N-dealkylation sites (tertiary alicyclic amines) is 1. The molecule has 2 aromatic carbocycles. The molecular formula is C24H26Cl2N4O2. The summed E-state index contributed by atoms with van der Waals surface area (Å²) in [6, 6.07) is 9.98. The van der Waals surface area contributed by atoms with Gasteiger partial charge in [0.25, 0.3) is 0 Å². The van der Waals surface area contributed by atoms with Gasteiger partial charge in [0, 0.05) is 34.4 Å². The Morgan fingerprint density at radius 2 is 1.81 bits per heavy atom. The molecule has 1 aliphatic heterocycles. The second-order valence-electron chi connectivity index (χ2n) is 8.78. The van der Waals surface area contributed by atoms with E-state index in [-0.39, 0.29) is 18.2 Å². The van der Waals surface area contributed by atoms with Crippen LogP contribution in [0.1, 0.15) is 40.9 Å². The molecular weight excluding hydrogens is 447 g/mol. The van der Waals surface area contributed by atoms with Crippen molar-refractivity contribution in [2.45, 2.75) is 51.9 Å². The van der Waals surface area contributed by atoms with Gasteiger partial charge in [-0.2, -0.15) is 0 Å². The number of aliphatic hydroxyl groups excluding tert-OH is 1. The molecule has 6 nitrogen and oxygen atoms in total. The molecule has 1 saturated heterocycles. The molecule has 0 bridgehead atoms. The number of benzene rings is 2. The molecule has 1 aliphatic carbocycles. The van der Waals surface area contributed by atoms with Crippen LogP contribution in [0.3, 0.4) is 0 Å². The summed E-state index contributed by atoms with van der Waals surface area (Å²) >= 11 is 12.9. The van der Waals surface area contributed by atoms with Gasteiger partial charge in [0.15, 0.2) is 0 Å². The Hall–Kier alpha value is -2.12. The van der Waals surface area contributed by atoms with Crippen molar-refractivity contribution in [1.82, 2.24) is 19.7 Å². The Kier molecular flexibility index (Phi) is 5.66. The third kappa shape index (κ3) is 3.79. The quantitative estimate of drug-likeness (QED) is 0.600. The second-order valence-corrected chi connectivity index (χ2v) is 9.63. The molecule has 1 fully saturated rings. The summed E-state index contributed by atoms with van der Waals surface area (Å²) in [5.41, 5.74) is 4.14. The Morgan fingerprint density at radius 3 is 2.47 bits per heavy atom. The van der Waals surface area contributed by atoms with Crippen molar-refractivity contribution in [3.05, 3.63) is 68.7 Å². The van der Waals surface area contributed by atoms with Gasteiger partial charge in [-0.1, -0.05) is 23.2 Å².